The van der Waals surface area contributed by atoms with Gasteiger partial charge in [0.1, 0.15) is 0 Å². The zero-order valence-corrected chi connectivity index (χ0v) is 11.7. The van der Waals surface area contributed by atoms with Crippen molar-refractivity contribution < 1.29 is 4.79 Å². The van der Waals surface area contributed by atoms with E-state index in [1.54, 1.807) is 6.20 Å². The summed E-state index contributed by atoms with van der Waals surface area (Å²) in [6, 6.07) is 0. The van der Waals surface area contributed by atoms with Gasteiger partial charge in [-0.05, 0) is 37.5 Å². The highest BCUT2D eigenvalue weighted by molar-refractivity contribution is 7.13. The number of rotatable bonds is 2. The summed E-state index contributed by atoms with van der Waals surface area (Å²) >= 11 is 1.48. The number of hydrogen-bond donors (Lipinski definition) is 1. The van der Waals surface area contributed by atoms with Crippen LogP contribution in [0.3, 0.4) is 0 Å². The minimum absolute atomic E-state index is 0. The first kappa shape index (κ1) is 13.6. The average molecular weight is 285 g/mol. The summed E-state index contributed by atoms with van der Waals surface area (Å²) in [4.78, 5) is 16.2. The largest absolute Gasteiger partial charge is 0.302 e. The highest BCUT2D eigenvalue weighted by Crippen LogP contribution is 2.53. The molecule has 1 fully saturated rings. The molecule has 0 aliphatic heterocycles. The van der Waals surface area contributed by atoms with Gasteiger partial charge in [-0.2, -0.15) is 0 Å². The number of hydrogen-bond acceptors (Lipinski definition) is 3. The second-order valence-electron chi connectivity index (χ2n) is 4.81. The molecule has 2 unspecified atom stereocenters. The number of anilines is 1. The standard InChI is InChI=1S/C13H16N2OS.ClH/c16-12(15-13-14-7-8-17-13)11-9-5-3-1-2-4-6-10(9)11;/h1-2,7-11H,3-6H2,(H,14,15,16);1H/b2-1-;. The van der Waals surface area contributed by atoms with E-state index in [4.69, 9.17) is 0 Å². The van der Waals surface area contributed by atoms with Gasteiger partial charge >= 0.3 is 0 Å². The van der Waals surface area contributed by atoms with Crippen LogP contribution in [-0.4, -0.2) is 10.9 Å². The molecular formula is C13H17ClN2OS. The van der Waals surface area contributed by atoms with Crippen molar-refractivity contribution in [3.8, 4) is 0 Å². The highest BCUT2D eigenvalue weighted by atomic mass is 35.5. The van der Waals surface area contributed by atoms with Gasteiger partial charge in [-0.15, -0.1) is 23.7 Å². The van der Waals surface area contributed by atoms with Gasteiger partial charge in [-0.25, -0.2) is 4.98 Å². The number of amides is 1. The third-order valence-electron chi connectivity index (χ3n) is 3.80. The van der Waals surface area contributed by atoms with E-state index in [-0.39, 0.29) is 24.2 Å². The second kappa shape index (κ2) is 5.85. The number of carbonyl (C=O) groups is 1. The number of nitrogens with one attached hydrogen (secondary N) is 1. The van der Waals surface area contributed by atoms with Crippen molar-refractivity contribution in [1.82, 2.24) is 4.98 Å². The molecule has 18 heavy (non-hydrogen) atoms. The Labute approximate surface area is 117 Å². The number of thiazole rings is 1. The van der Waals surface area contributed by atoms with E-state index in [1.165, 1.54) is 11.3 Å². The molecule has 0 saturated heterocycles. The molecule has 0 radical (unpaired) electrons. The van der Waals surface area contributed by atoms with E-state index < -0.39 is 0 Å². The summed E-state index contributed by atoms with van der Waals surface area (Å²) in [6.45, 7) is 0. The summed E-state index contributed by atoms with van der Waals surface area (Å²) in [5.74, 6) is 1.63. The lowest BCUT2D eigenvalue weighted by molar-refractivity contribution is -0.117. The van der Waals surface area contributed by atoms with Crippen LogP contribution in [0.5, 0.6) is 0 Å². The smallest absolute Gasteiger partial charge is 0.229 e. The van der Waals surface area contributed by atoms with E-state index in [9.17, 15) is 4.79 Å². The van der Waals surface area contributed by atoms with Gasteiger partial charge in [0, 0.05) is 17.5 Å². The van der Waals surface area contributed by atoms with Gasteiger partial charge in [-0.1, -0.05) is 12.2 Å². The molecule has 98 valence electrons. The molecule has 3 rings (SSSR count). The minimum Gasteiger partial charge on any atom is -0.302 e. The quantitative estimate of drug-likeness (QED) is 0.845. The molecule has 0 bridgehead atoms. The van der Waals surface area contributed by atoms with Crippen molar-refractivity contribution in [2.24, 2.45) is 17.8 Å². The lowest BCUT2D eigenvalue weighted by Crippen LogP contribution is -2.15. The Morgan fingerprint density at radius 1 is 1.28 bits per heavy atom. The van der Waals surface area contributed by atoms with Crippen molar-refractivity contribution in [3.05, 3.63) is 23.7 Å². The lowest BCUT2D eigenvalue weighted by atomic mass is 10.1. The molecule has 1 aromatic heterocycles. The zero-order valence-electron chi connectivity index (χ0n) is 10.0. The molecule has 5 heteroatoms. The lowest BCUT2D eigenvalue weighted by Gasteiger charge is -1.99. The zero-order chi connectivity index (χ0) is 11.7. The Morgan fingerprint density at radius 2 is 1.94 bits per heavy atom. The molecule has 1 amide bonds. The van der Waals surface area contributed by atoms with E-state index in [1.807, 2.05) is 5.38 Å². The fourth-order valence-electron chi connectivity index (χ4n) is 2.91. The van der Waals surface area contributed by atoms with Crippen molar-refractivity contribution in [2.75, 3.05) is 5.32 Å². The predicted molar refractivity (Wildman–Crippen MR) is 76.1 cm³/mol. The van der Waals surface area contributed by atoms with Crippen molar-refractivity contribution in [3.63, 3.8) is 0 Å². The first-order chi connectivity index (χ1) is 8.36. The molecule has 3 nitrogen and oxygen atoms in total. The van der Waals surface area contributed by atoms with Crippen molar-refractivity contribution in [1.29, 1.82) is 0 Å². The van der Waals surface area contributed by atoms with E-state index >= 15 is 0 Å². The molecule has 1 heterocycles. The molecule has 2 aliphatic carbocycles. The van der Waals surface area contributed by atoms with Crippen LogP contribution >= 0.6 is 23.7 Å². The van der Waals surface area contributed by atoms with Crippen LogP contribution in [0.15, 0.2) is 23.7 Å². The van der Waals surface area contributed by atoms with Gasteiger partial charge in [0.2, 0.25) is 5.91 Å². The van der Waals surface area contributed by atoms with Crippen LogP contribution in [0.2, 0.25) is 0 Å². The van der Waals surface area contributed by atoms with E-state index in [0.717, 1.165) is 30.8 Å². The first-order valence-corrected chi connectivity index (χ1v) is 7.09. The minimum atomic E-state index is 0. The van der Waals surface area contributed by atoms with Gasteiger partial charge in [-0.3, -0.25) is 4.79 Å². The maximum Gasteiger partial charge on any atom is 0.229 e. The van der Waals surface area contributed by atoms with Crippen molar-refractivity contribution in [2.45, 2.75) is 25.7 Å². The molecule has 1 saturated carbocycles. The van der Waals surface area contributed by atoms with Crippen LogP contribution < -0.4 is 5.32 Å². The van der Waals surface area contributed by atoms with Crippen molar-refractivity contribution >= 4 is 34.8 Å². The number of nitrogens with zero attached hydrogens (tertiary/aromatic N) is 1. The van der Waals surface area contributed by atoms with Crippen LogP contribution in [0.25, 0.3) is 0 Å². The van der Waals surface area contributed by atoms with Crippen LogP contribution in [0.1, 0.15) is 25.7 Å². The van der Waals surface area contributed by atoms with Gasteiger partial charge in [0.25, 0.3) is 0 Å². The van der Waals surface area contributed by atoms with Gasteiger partial charge < -0.3 is 5.32 Å². The summed E-state index contributed by atoms with van der Waals surface area (Å²) in [7, 11) is 0. The third kappa shape index (κ3) is 2.75. The average Bonchev–Trinajstić information content (AvgIpc) is 2.72. The number of allylic oxidation sites excluding steroid dienone is 2. The number of halogens is 1. The Bertz CT molecular complexity index is 416. The molecule has 1 N–H and O–H groups in total. The Kier molecular flexibility index (Phi) is 4.40. The van der Waals surface area contributed by atoms with Crippen LogP contribution in [0, 0.1) is 17.8 Å². The SMILES string of the molecule is Cl.O=C(Nc1nccs1)C1C2CC/C=C\CCC21. The Morgan fingerprint density at radius 3 is 2.50 bits per heavy atom. The topological polar surface area (TPSA) is 42.0 Å². The Hall–Kier alpha value is -0.870. The van der Waals surface area contributed by atoms with E-state index in [0.29, 0.717) is 11.8 Å². The summed E-state index contributed by atoms with van der Waals surface area (Å²) < 4.78 is 0. The maximum absolute atomic E-state index is 12.1. The van der Waals surface area contributed by atoms with Gasteiger partial charge in [0.15, 0.2) is 5.13 Å². The maximum atomic E-state index is 12.1. The summed E-state index contributed by atoms with van der Waals surface area (Å²) in [5.41, 5.74) is 0. The fourth-order valence-corrected chi connectivity index (χ4v) is 3.44. The summed E-state index contributed by atoms with van der Waals surface area (Å²) in [5, 5.41) is 5.54. The first-order valence-electron chi connectivity index (χ1n) is 6.21. The normalized spacial score (nSPS) is 31.2. The molecular weight excluding hydrogens is 268 g/mol. The number of fused-ring (bicyclic) bond motifs is 1. The number of aromatic nitrogens is 1. The molecule has 2 aliphatic rings. The molecule has 0 aromatic carbocycles. The molecule has 2 atom stereocenters. The highest BCUT2D eigenvalue weighted by Gasteiger charge is 2.53. The number of carbonyl (C=O) groups excluding carboxylic acids is 1. The predicted octanol–water partition coefficient (Wildman–Crippen LogP) is 3.50. The third-order valence-corrected chi connectivity index (χ3v) is 4.49. The second-order valence-corrected chi connectivity index (χ2v) is 5.70. The Balaban J connectivity index is 0.00000120. The molecule has 1 aromatic rings. The fraction of sp³-hybridized carbons (Fsp3) is 0.538. The monoisotopic (exact) mass is 284 g/mol. The molecule has 0 spiro atoms. The van der Waals surface area contributed by atoms with Gasteiger partial charge in [0.05, 0.1) is 0 Å². The van der Waals surface area contributed by atoms with Crippen LogP contribution in [0.4, 0.5) is 5.13 Å². The van der Waals surface area contributed by atoms with E-state index in [2.05, 4.69) is 22.5 Å². The summed E-state index contributed by atoms with van der Waals surface area (Å²) in [6.07, 6.45) is 10.8. The van der Waals surface area contributed by atoms with Crippen LogP contribution in [-0.2, 0) is 4.79 Å².